The van der Waals surface area contributed by atoms with Gasteiger partial charge in [0.1, 0.15) is 6.04 Å². The van der Waals surface area contributed by atoms with E-state index in [0.717, 1.165) is 23.0 Å². The van der Waals surface area contributed by atoms with Gasteiger partial charge >= 0.3 is 0 Å². The number of H-pyrrole nitrogens is 1. The van der Waals surface area contributed by atoms with Crippen LogP contribution in [-0.2, 0) is 4.79 Å². The number of pyridine rings is 1. The molecule has 1 aromatic carbocycles. The summed E-state index contributed by atoms with van der Waals surface area (Å²) in [5.74, 6) is -0.462. The Bertz CT molecular complexity index is 921. The molecule has 0 bridgehead atoms. The molecule has 0 radical (unpaired) electrons. The largest absolute Gasteiger partial charge is 0.339 e. The Balaban J connectivity index is 1.54. The predicted octanol–water partition coefficient (Wildman–Crippen LogP) is 1.88. The number of anilines is 1. The second-order valence-corrected chi connectivity index (χ2v) is 5.99. The van der Waals surface area contributed by atoms with Gasteiger partial charge in [0, 0.05) is 18.1 Å². The van der Waals surface area contributed by atoms with Crippen LogP contribution < -0.4 is 10.2 Å². The lowest BCUT2D eigenvalue weighted by Gasteiger charge is -2.32. The molecule has 3 heterocycles. The third kappa shape index (κ3) is 2.84. The number of rotatable bonds is 3. The molecular weight excluding hydrogens is 318 g/mol. The third-order valence-corrected chi connectivity index (χ3v) is 4.39. The summed E-state index contributed by atoms with van der Waals surface area (Å²) in [6, 6.07) is 10.5. The average molecular weight is 335 g/mol. The van der Waals surface area contributed by atoms with Gasteiger partial charge in [-0.25, -0.2) is 0 Å². The van der Waals surface area contributed by atoms with Gasteiger partial charge in [0.25, 0.3) is 5.91 Å². The van der Waals surface area contributed by atoms with Crippen molar-refractivity contribution in [1.29, 1.82) is 0 Å². The van der Waals surface area contributed by atoms with Crippen molar-refractivity contribution in [3.05, 3.63) is 54.5 Å². The van der Waals surface area contributed by atoms with Gasteiger partial charge in [-0.2, -0.15) is 5.10 Å². The average Bonchev–Trinajstić information content (AvgIpc) is 3.08. The Kier molecular flexibility index (Phi) is 3.89. The van der Waals surface area contributed by atoms with Crippen molar-refractivity contribution in [2.24, 2.45) is 0 Å². The van der Waals surface area contributed by atoms with Crippen LogP contribution in [0.15, 0.2) is 48.8 Å². The first-order valence-electron chi connectivity index (χ1n) is 8.19. The minimum atomic E-state index is -0.558. The summed E-state index contributed by atoms with van der Waals surface area (Å²) in [6.45, 7) is 0.627. The zero-order chi connectivity index (χ0) is 17.2. The number of piperidine rings is 1. The molecule has 2 amide bonds. The fraction of sp³-hybridized carbons (Fsp3) is 0.222. The van der Waals surface area contributed by atoms with Crippen LogP contribution in [0, 0.1) is 0 Å². The van der Waals surface area contributed by atoms with Crippen LogP contribution in [-0.4, -0.2) is 39.6 Å². The highest BCUT2D eigenvalue weighted by Crippen LogP contribution is 2.21. The van der Waals surface area contributed by atoms with E-state index < -0.39 is 6.04 Å². The first kappa shape index (κ1) is 15.3. The standard InChI is InChI=1S/C18H17N5O2/c24-17(16-13-6-1-2-7-14(13)21-22-16)20-15-8-4-10-23(18(15)25)12-5-3-9-19-11-12/h1-3,5-7,9,11,15H,4,8,10H2,(H,20,24)(H,21,22)/t15-/m1/s1. The maximum Gasteiger partial charge on any atom is 0.273 e. The Morgan fingerprint density at radius 1 is 1.24 bits per heavy atom. The molecule has 3 aromatic rings. The SMILES string of the molecule is O=C(N[C@@H]1CCCN(c2cccnc2)C1=O)c1n[nH]c2ccccc12. The van der Waals surface area contributed by atoms with Crippen LogP contribution in [0.1, 0.15) is 23.3 Å². The molecule has 1 atom stereocenters. The summed E-state index contributed by atoms with van der Waals surface area (Å²) >= 11 is 0. The lowest BCUT2D eigenvalue weighted by molar-refractivity contribution is -0.121. The molecule has 2 N–H and O–H groups in total. The summed E-state index contributed by atoms with van der Waals surface area (Å²) in [6.07, 6.45) is 4.75. The van der Waals surface area contributed by atoms with Crippen molar-refractivity contribution in [3.63, 3.8) is 0 Å². The lowest BCUT2D eigenvalue weighted by Crippen LogP contribution is -2.52. The van der Waals surface area contributed by atoms with E-state index >= 15 is 0 Å². The molecule has 1 aliphatic heterocycles. The Labute approximate surface area is 144 Å². The van der Waals surface area contributed by atoms with Crippen LogP contribution in [0.5, 0.6) is 0 Å². The molecule has 126 valence electrons. The number of hydrogen-bond donors (Lipinski definition) is 2. The zero-order valence-electron chi connectivity index (χ0n) is 13.5. The van der Waals surface area contributed by atoms with Crippen LogP contribution in [0.25, 0.3) is 10.9 Å². The van der Waals surface area contributed by atoms with Crippen molar-refractivity contribution >= 4 is 28.4 Å². The molecule has 0 aliphatic carbocycles. The molecule has 25 heavy (non-hydrogen) atoms. The van der Waals surface area contributed by atoms with Gasteiger partial charge < -0.3 is 10.2 Å². The van der Waals surface area contributed by atoms with E-state index in [1.807, 2.05) is 30.3 Å². The fourth-order valence-corrected chi connectivity index (χ4v) is 3.14. The van der Waals surface area contributed by atoms with Crippen molar-refractivity contribution < 1.29 is 9.59 Å². The minimum absolute atomic E-state index is 0.118. The molecule has 1 fully saturated rings. The van der Waals surface area contributed by atoms with Gasteiger partial charge in [-0.15, -0.1) is 0 Å². The fourth-order valence-electron chi connectivity index (χ4n) is 3.14. The molecule has 7 nitrogen and oxygen atoms in total. The first-order chi connectivity index (χ1) is 12.2. The highest BCUT2D eigenvalue weighted by Gasteiger charge is 2.31. The van der Waals surface area contributed by atoms with E-state index in [-0.39, 0.29) is 11.8 Å². The molecule has 2 aromatic heterocycles. The maximum atomic E-state index is 12.7. The number of carbonyl (C=O) groups is 2. The smallest absolute Gasteiger partial charge is 0.273 e. The van der Waals surface area contributed by atoms with Gasteiger partial charge in [-0.05, 0) is 31.0 Å². The van der Waals surface area contributed by atoms with Crippen molar-refractivity contribution in [1.82, 2.24) is 20.5 Å². The second-order valence-electron chi connectivity index (χ2n) is 5.99. The molecule has 0 spiro atoms. The highest BCUT2D eigenvalue weighted by atomic mass is 16.2. The van der Waals surface area contributed by atoms with E-state index in [9.17, 15) is 9.59 Å². The van der Waals surface area contributed by atoms with E-state index in [4.69, 9.17) is 0 Å². The Hall–Kier alpha value is -3.22. The van der Waals surface area contributed by atoms with Crippen molar-refractivity contribution in [3.8, 4) is 0 Å². The quantitative estimate of drug-likeness (QED) is 0.764. The van der Waals surface area contributed by atoms with Crippen LogP contribution in [0.2, 0.25) is 0 Å². The number of benzene rings is 1. The zero-order valence-corrected chi connectivity index (χ0v) is 13.5. The predicted molar refractivity (Wildman–Crippen MR) is 93.2 cm³/mol. The number of aromatic amines is 1. The number of amides is 2. The molecular formula is C18H17N5O2. The van der Waals surface area contributed by atoms with Crippen LogP contribution >= 0.6 is 0 Å². The Morgan fingerprint density at radius 3 is 2.96 bits per heavy atom. The number of hydrogen-bond acceptors (Lipinski definition) is 4. The van der Waals surface area contributed by atoms with Gasteiger partial charge in [0.2, 0.25) is 5.91 Å². The number of carbonyl (C=O) groups excluding carboxylic acids is 2. The van der Waals surface area contributed by atoms with E-state index in [0.29, 0.717) is 18.7 Å². The monoisotopic (exact) mass is 335 g/mol. The van der Waals surface area contributed by atoms with Gasteiger partial charge in [-0.3, -0.25) is 19.7 Å². The van der Waals surface area contributed by atoms with Crippen LogP contribution in [0.4, 0.5) is 5.69 Å². The summed E-state index contributed by atoms with van der Waals surface area (Å²) in [4.78, 5) is 31.1. The van der Waals surface area contributed by atoms with E-state index in [1.165, 1.54) is 0 Å². The molecule has 0 saturated carbocycles. The summed E-state index contributed by atoms with van der Waals surface area (Å²) in [5.41, 5.74) is 1.85. The summed E-state index contributed by atoms with van der Waals surface area (Å²) < 4.78 is 0. The molecule has 4 rings (SSSR count). The van der Waals surface area contributed by atoms with Crippen molar-refractivity contribution in [2.45, 2.75) is 18.9 Å². The molecule has 7 heteroatoms. The molecule has 1 saturated heterocycles. The highest BCUT2D eigenvalue weighted by molar-refractivity contribution is 6.07. The van der Waals surface area contributed by atoms with E-state index in [2.05, 4.69) is 20.5 Å². The number of para-hydroxylation sites is 1. The maximum absolute atomic E-state index is 12.7. The number of nitrogens with one attached hydrogen (secondary N) is 2. The number of nitrogens with zero attached hydrogens (tertiary/aromatic N) is 3. The summed E-state index contributed by atoms with van der Waals surface area (Å²) in [7, 11) is 0. The van der Waals surface area contributed by atoms with Gasteiger partial charge in [-0.1, -0.05) is 18.2 Å². The summed E-state index contributed by atoms with van der Waals surface area (Å²) in [5, 5.41) is 10.5. The Morgan fingerprint density at radius 2 is 2.12 bits per heavy atom. The lowest BCUT2D eigenvalue weighted by atomic mass is 10.0. The number of fused-ring (bicyclic) bond motifs is 1. The van der Waals surface area contributed by atoms with Gasteiger partial charge in [0.05, 0.1) is 17.4 Å². The van der Waals surface area contributed by atoms with E-state index in [1.54, 1.807) is 23.4 Å². The van der Waals surface area contributed by atoms with Gasteiger partial charge in [0.15, 0.2) is 5.69 Å². The molecule has 0 unspecified atom stereocenters. The van der Waals surface area contributed by atoms with Crippen molar-refractivity contribution in [2.75, 3.05) is 11.4 Å². The second kappa shape index (κ2) is 6.35. The number of aromatic nitrogens is 3. The first-order valence-corrected chi connectivity index (χ1v) is 8.19. The molecule has 1 aliphatic rings. The normalized spacial score (nSPS) is 17.7. The third-order valence-electron chi connectivity index (χ3n) is 4.39. The van der Waals surface area contributed by atoms with Crippen LogP contribution in [0.3, 0.4) is 0 Å². The topological polar surface area (TPSA) is 91.0 Å². The minimum Gasteiger partial charge on any atom is -0.339 e.